The van der Waals surface area contributed by atoms with Gasteiger partial charge in [-0.25, -0.2) is 0 Å². The molecule has 8 nitrogen and oxygen atoms in total. The summed E-state index contributed by atoms with van der Waals surface area (Å²) in [5.74, 6) is 0.132. The lowest BCUT2D eigenvalue weighted by Gasteiger charge is -2.34. The normalized spacial score (nSPS) is 20.5. The van der Waals surface area contributed by atoms with Crippen LogP contribution in [0.5, 0.6) is 0 Å². The van der Waals surface area contributed by atoms with E-state index in [1.807, 2.05) is 6.07 Å². The van der Waals surface area contributed by atoms with Gasteiger partial charge in [-0.15, -0.1) is 0 Å². The minimum absolute atomic E-state index is 0.0567. The lowest BCUT2D eigenvalue weighted by molar-refractivity contribution is -0.120. The molecule has 3 fully saturated rings. The van der Waals surface area contributed by atoms with Gasteiger partial charge in [0.15, 0.2) is 0 Å². The smallest absolute Gasteiger partial charge is 0.399 e. The van der Waals surface area contributed by atoms with E-state index >= 15 is 0 Å². The summed E-state index contributed by atoms with van der Waals surface area (Å²) >= 11 is 3.49. The summed E-state index contributed by atoms with van der Waals surface area (Å²) in [6.07, 6.45) is 3.98. The van der Waals surface area contributed by atoms with E-state index in [2.05, 4.69) is 107 Å². The number of hydrogen-bond acceptors (Lipinski definition) is 6. The van der Waals surface area contributed by atoms with Crippen LogP contribution in [-0.2, 0) is 18.9 Å². The molecule has 3 saturated heterocycles. The Morgan fingerprint density at radius 2 is 1.19 bits per heavy atom. The molecule has 5 rings (SSSR count). The molecule has 0 unspecified atom stereocenters. The molecule has 0 bridgehead atoms. The van der Waals surface area contributed by atoms with Crippen molar-refractivity contribution < 1.29 is 18.9 Å². The molecular formula is C32H46BBrN4O4. The lowest BCUT2D eigenvalue weighted by atomic mass is 9.79. The molecule has 3 heterocycles. The zero-order chi connectivity index (χ0) is 30.5. The first kappa shape index (κ1) is 32.4. The molecule has 2 aromatic carbocycles. The predicted molar refractivity (Wildman–Crippen MR) is 174 cm³/mol. The molecule has 0 spiro atoms. The van der Waals surface area contributed by atoms with E-state index in [4.69, 9.17) is 9.31 Å². The van der Waals surface area contributed by atoms with Crippen LogP contribution in [0.15, 0.2) is 53.0 Å². The van der Waals surface area contributed by atoms with Crippen LogP contribution in [0.4, 0.5) is 11.4 Å². The fourth-order valence-corrected chi connectivity index (χ4v) is 6.05. The summed E-state index contributed by atoms with van der Waals surface area (Å²) in [6.45, 7) is 15.3. The van der Waals surface area contributed by atoms with E-state index in [0.717, 1.165) is 61.8 Å². The van der Waals surface area contributed by atoms with Crippen LogP contribution in [-0.4, -0.2) is 68.4 Å². The van der Waals surface area contributed by atoms with Crippen LogP contribution in [0.1, 0.15) is 67.2 Å². The van der Waals surface area contributed by atoms with Crippen LogP contribution >= 0.6 is 15.9 Å². The molecule has 10 heteroatoms. The number of nitrogens with zero attached hydrogens (tertiary/aromatic N) is 2. The highest BCUT2D eigenvalue weighted by atomic mass is 79.9. The zero-order valence-corrected chi connectivity index (χ0v) is 27.5. The maximum Gasteiger partial charge on any atom is 0.494 e. The summed E-state index contributed by atoms with van der Waals surface area (Å²) in [6, 6.07) is 17.4. The van der Waals surface area contributed by atoms with Crippen molar-refractivity contribution in [2.75, 3.05) is 36.0 Å². The fourth-order valence-electron chi connectivity index (χ4n) is 5.66. The number of amides is 2. The highest BCUT2D eigenvalue weighted by molar-refractivity contribution is 9.10. The van der Waals surface area contributed by atoms with E-state index in [0.29, 0.717) is 12.1 Å². The highest BCUT2D eigenvalue weighted by Gasteiger charge is 2.51. The number of anilines is 2. The Kier molecular flexibility index (Phi) is 10.7. The molecule has 2 N–H and O–H groups in total. The Balaban J connectivity index is 0.000000208. The summed E-state index contributed by atoms with van der Waals surface area (Å²) in [5, 5.41) is 6.01. The molecule has 42 heavy (non-hydrogen) atoms. The number of nitrogens with one attached hydrogen (secondary N) is 2. The number of carbonyl (C=O) groups excluding carboxylic acids is 2. The van der Waals surface area contributed by atoms with E-state index in [-0.39, 0.29) is 30.1 Å². The average molecular weight is 641 g/mol. The van der Waals surface area contributed by atoms with Crippen LogP contribution in [0.25, 0.3) is 0 Å². The summed E-state index contributed by atoms with van der Waals surface area (Å²) < 4.78 is 13.4. The average Bonchev–Trinajstić information content (AvgIpc) is 3.16. The minimum Gasteiger partial charge on any atom is -0.399 e. The van der Waals surface area contributed by atoms with Crippen molar-refractivity contribution in [3.8, 4) is 0 Å². The highest BCUT2D eigenvalue weighted by Crippen LogP contribution is 2.36. The molecule has 0 radical (unpaired) electrons. The largest absolute Gasteiger partial charge is 0.494 e. The van der Waals surface area contributed by atoms with Crippen molar-refractivity contribution in [3.63, 3.8) is 0 Å². The van der Waals surface area contributed by atoms with E-state index in [9.17, 15) is 9.59 Å². The van der Waals surface area contributed by atoms with Gasteiger partial charge < -0.3 is 29.7 Å². The van der Waals surface area contributed by atoms with Gasteiger partial charge in [0.25, 0.3) is 0 Å². The third-order valence-electron chi connectivity index (χ3n) is 8.74. The van der Waals surface area contributed by atoms with Gasteiger partial charge in [-0.3, -0.25) is 9.59 Å². The first-order chi connectivity index (χ1) is 19.8. The van der Waals surface area contributed by atoms with Gasteiger partial charge in [-0.1, -0.05) is 34.1 Å². The topological polar surface area (TPSA) is 83.1 Å². The Labute approximate surface area is 260 Å². The van der Waals surface area contributed by atoms with Gasteiger partial charge in [0.1, 0.15) is 0 Å². The SMILES string of the molecule is CC(=O)NC1CCN(c2cccc(B3OC(C)(C)C(C)(C)O3)c2)CC1.CC(=O)NC1CCN(c2cccc(Br)c2)CC1. The van der Waals surface area contributed by atoms with Crippen LogP contribution in [0.2, 0.25) is 0 Å². The summed E-state index contributed by atoms with van der Waals surface area (Å²) in [5.41, 5.74) is 2.84. The Morgan fingerprint density at radius 3 is 1.62 bits per heavy atom. The van der Waals surface area contributed by atoms with Crippen LogP contribution in [0.3, 0.4) is 0 Å². The molecule has 0 aromatic heterocycles. The third-order valence-corrected chi connectivity index (χ3v) is 9.23. The van der Waals surface area contributed by atoms with Crippen molar-refractivity contribution in [2.24, 2.45) is 0 Å². The number of benzene rings is 2. The molecule has 228 valence electrons. The molecule has 3 aliphatic heterocycles. The summed E-state index contributed by atoms with van der Waals surface area (Å²) in [7, 11) is -0.332. The van der Waals surface area contributed by atoms with Crippen molar-refractivity contribution in [1.29, 1.82) is 0 Å². The predicted octanol–water partition coefficient (Wildman–Crippen LogP) is 4.64. The number of hydrogen-bond donors (Lipinski definition) is 2. The monoisotopic (exact) mass is 640 g/mol. The van der Waals surface area contributed by atoms with E-state index < -0.39 is 0 Å². The van der Waals surface area contributed by atoms with Gasteiger partial charge in [-0.2, -0.15) is 0 Å². The molecule has 0 saturated carbocycles. The van der Waals surface area contributed by atoms with Crippen LogP contribution < -0.4 is 25.9 Å². The Bertz CT molecular complexity index is 1210. The molecule has 2 amide bonds. The second-order valence-corrected chi connectivity index (χ2v) is 13.5. The quantitative estimate of drug-likeness (QED) is 0.464. The van der Waals surface area contributed by atoms with Gasteiger partial charge in [0.2, 0.25) is 11.8 Å². The van der Waals surface area contributed by atoms with Gasteiger partial charge in [0.05, 0.1) is 11.2 Å². The lowest BCUT2D eigenvalue weighted by Crippen LogP contribution is -2.44. The van der Waals surface area contributed by atoms with Crippen LogP contribution in [0, 0.1) is 0 Å². The maximum atomic E-state index is 11.2. The molecule has 2 aromatic rings. The number of piperidine rings is 2. The standard InChI is InChI=1S/C19H29BN2O3.C13H17BrN2O/c1-14(23)21-16-9-11-22(12-10-16)17-8-6-7-15(13-17)20-24-18(2,3)19(4,5)25-20;1-10(17)15-12-5-7-16(8-6-12)13-4-2-3-11(14)9-13/h6-8,13,16H,9-12H2,1-5H3,(H,21,23);2-4,9,12H,5-8H2,1H3,(H,15,17). The number of rotatable bonds is 5. The molecule has 0 atom stereocenters. The first-order valence-electron chi connectivity index (χ1n) is 15.1. The summed E-state index contributed by atoms with van der Waals surface area (Å²) in [4.78, 5) is 26.9. The Morgan fingerprint density at radius 1 is 0.762 bits per heavy atom. The zero-order valence-electron chi connectivity index (χ0n) is 25.9. The van der Waals surface area contributed by atoms with Crippen molar-refractivity contribution in [2.45, 2.75) is 90.5 Å². The van der Waals surface area contributed by atoms with E-state index in [1.54, 1.807) is 13.8 Å². The maximum absolute atomic E-state index is 11.2. The van der Waals surface area contributed by atoms with Crippen molar-refractivity contribution in [1.82, 2.24) is 10.6 Å². The molecule has 3 aliphatic rings. The van der Waals surface area contributed by atoms with Gasteiger partial charge in [0, 0.05) is 68.0 Å². The van der Waals surface area contributed by atoms with Gasteiger partial charge in [-0.05, 0) is 89.2 Å². The first-order valence-corrected chi connectivity index (χ1v) is 15.9. The second-order valence-electron chi connectivity index (χ2n) is 12.6. The van der Waals surface area contributed by atoms with Gasteiger partial charge >= 0.3 is 7.12 Å². The van der Waals surface area contributed by atoms with Crippen molar-refractivity contribution >= 4 is 51.7 Å². The molecule has 0 aliphatic carbocycles. The second kappa shape index (κ2) is 13.8. The van der Waals surface area contributed by atoms with Crippen molar-refractivity contribution in [3.05, 3.63) is 53.0 Å². The number of carbonyl (C=O) groups is 2. The Hall–Kier alpha value is -2.56. The van der Waals surface area contributed by atoms with E-state index in [1.165, 1.54) is 11.4 Å². The fraction of sp³-hybridized carbons (Fsp3) is 0.562. The molecular weight excluding hydrogens is 595 g/mol. The minimum atomic E-state index is -0.332. The number of halogens is 1. The third kappa shape index (κ3) is 8.51.